The van der Waals surface area contributed by atoms with Gasteiger partial charge in [-0.3, -0.25) is 4.79 Å². The van der Waals surface area contributed by atoms with E-state index in [0.29, 0.717) is 19.4 Å². The second-order valence-corrected chi connectivity index (χ2v) is 4.16. The highest BCUT2D eigenvalue weighted by atomic mass is 16.5. The lowest BCUT2D eigenvalue weighted by Gasteiger charge is -2.04. The van der Waals surface area contributed by atoms with E-state index in [9.17, 15) is 4.79 Å². The van der Waals surface area contributed by atoms with Crippen LogP contribution in [0.15, 0.2) is 36.7 Å². The molecule has 0 aliphatic rings. The molecule has 0 unspecified atom stereocenters. The van der Waals surface area contributed by atoms with Crippen molar-refractivity contribution in [1.29, 1.82) is 0 Å². The maximum Gasteiger partial charge on any atom is 0.220 e. The van der Waals surface area contributed by atoms with Gasteiger partial charge in [0.2, 0.25) is 5.91 Å². The van der Waals surface area contributed by atoms with Crippen molar-refractivity contribution in [2.24, 2.45) is 0 Å². The van der Waals surface area contributed by atoms with E-state index in [4.69, 9.17) is 4.74 Å². The molecule has 0 radical (unpaired) electrons. The van der Waals surface area contributed by atoms with Gasteiger partial charge in [-0.1, -0.05) is 12.1 Å². The van der Waals surface area contributed by atoms with Gasteiger partial charge in [0.1, 0.15) is 11.6 Å². The Labute approximate surface area is 112 Å². The molecule has 2 aromatic rings. The third kappa shape index (κ3) is 4.13. The van der Waals surface area contributed by atoms with E-state index in [1.807, 2.05) is 24.3 Å². The van der Waals surface area contributed by atoms with Gasteiger partial charge in [0.05, 0.1) is 13.7 Å². The summed E-state index contributed by atoms with van der Waals surface area (Å²) >= 11 is 0. The minimum absolute atomic E-state index is 0.0206. The summed E-state index contributed by atoms with van der Waals surface area (Å²) in [5, 5.41) is 2.82. The number of carbonyl (C=O) groups is 1. The molecule has 0 atom stereocenters. The molecule has 1 aromatic carbocycles. The molecule has 0 aliphatic carbocycles. The van der Waals surface area contributed by atoms with Gasteiger partial charge in [-0.2, -0.15) is 0 Å². The minimum atomic E-state index is 0.0206. The largest absolute Gasteiger partial charge is 0.497 e. The van der Waals surface area contributed by atoms with Crippen molar-refractivity contribution in [3.63, 3.8) is 0 Å². The number of nitrogens with zero attached hydrogens (tertiary/aromatic N) is 1. The third-order valence-electron chi connectivity index (χ3n) is 2.81. The lowest BCUT2D eigenvalue weighted by atomic mass is 10.1. The molecule has 0 spiro atoms. The van der Waals surface area contributed by atoms with Crippen LogP contribution in [0.25, 0.3) is 0 Å². The van der Waals surface area contributed by atoms with E-state index in [1.54, 1.807) is 19.5 Å². The summed E-state index contributed by atoms with van der Waals surface area (Å²) in [7, 11) is 1.64. The maximum atomic E-state index is 11.7. The zero-order valence-electron chi connectivity index (χ0n) is 10.8. The first-order valence-electron chi connectivity index (χ1n) is 6.16. The molecule has 5 heteroatoms. The van der Waals surface area contributed by atoms with Crippen LogP contribution in [-0.2, 0) is 17.8 Å². The average Bonchev–Trinajstić information content (AvgIpc) is 2.96. The van der Waals surface area contributed by atoms with Crippen LogP contribution in [0.1, 0.15) is 17.8 Å². The van der Waals surface area contributed by atoms with Gasteiger partial charge in [0, 0.05) is 18.8 Å². The molecule has 1 aromatic heterocycles. The molecule has 2 rings (SSSR count). The predicted octanol–water partition coefficient (Wildman–Crippen LogP) is 1.67. The highest BCUT2D eigenvalue weighted by molar-refractivity contribution is 5.76. The van der Waals surface area contributed by atoms with Crippen LogP contribution in [0.3, 0.4) is 0 Å². The van der Waals surface area contributed by atoms with Crippen molar-refractivity contribution in [3.8, 4) is 5.75 Å². The number of hydrogen-bond donors (Lipinski definition) is 2. The van der Waals surface area contributed by atoms with Crippen LogP contribution >= 0.6 is 0 Å². The van der Waals surface area contributed by atoms with Crippen molar-refractivity contribution in [2.45, 2.75) is 19.4 Å². The lowest BCUT2D eigenvalue weighted by molar-refractivity contribution is -0.121. The quantitative estimate of drug-likeness (QED) is 0.829. The van der Waals surface area contributed by atoms with Crippen molar-refractivity contribution in [1.82, 2.24) is 15.3 Å². The zero-order chi connectivity index (χ0) is 13.5. The number of carbonyl (C=O) groups excluding carboxylic acids is 1. The fourth-order valence-electron chi connectivity index (χ4n) is 1.72. The molecule has 1 heterocycles. The number of amides is 1. The van der Waals surface area contributed by atoms with Gasteiger partial charge < -0.3 is 15.0 Å². The monoisotopic (exact) mass is 259 g/mol. The van der Waals surface area contributed by atoms with Gasteiger partial charge in [-0.05, 0) is 24.1 Å². The fraction of sp³-hybridized carbons (Fsp3) is 0.286. The predicted molar refractivity (Wildman–Crippen MR) is 71.7 cm³/mol. The highest BCUT2D eigenvalue weighted by Gasteiger charge is 2.03. The first kappa shape index (κ1) is 13.1. The van der Waals surface area contributed by atoms with Gasteiger partial charge in [-0.25, -0.2) is 4.98 Å². The molecular formula is C14H17N3O2. The Morgan fingerprint density at radius 3 is 2.79 bits per heavy atom. The first-order valence-corrected chi connectivity index (χ1v) is 6.16. The second-order valence-electron chi connectivity index (χ2n) is 4.16. The number of aryl methyl sites for hydroxylation is 1. The molecule has 19 heavy (non-hydrogen) atoms. The number of methoxy groups -OCH3 is 1. The summed E-state index contributed by atoms with van der Waals surface area (Å²) in [4.78, 5) is 18.6. The summed E-state index contributed by atoms with van der Waals surface area (Å²) in [5.41, 5.74) is 1.12. The number of nitrogens with one attached hydrogen (secondary N) is 2. The molecular weight excluding hydrogens is 242 g/mol. The van der Waals surface area contributed by atoms with E-state index >= 15 is 0 Å². The van der Waals surface area contributed by atoms with Crippen LogP contribution in [-0.4, -0.2) is 23.0 Å². The number of hydrogen-bond acceptors (Lipinski definition) is 3. The van der Waals surface area contributed by atoms with Gasteiger partial charge in [0.15, 0.2) is 0 Å². The number of aromatic amines is 1. The van der Waals surface area contributed by atoms with E-state index in [-0.39, 0.29) is 5.91 Å². The van der Waals surface area contributed by atoms with Crippen molar-refractivity contribution in [3.05, 3.63) is 48.0 Å². The average molecular weight is 259 g/mol. The SMILES string of the molecule is COc1ccc(CCC(=O)NCc2ncc[nH]2)cc1. The van der Waals surface area contributed by atoms with Gasteiger partial charge in [0.25, 0.3) is 0 Å². The third-order valence-corrected chi connectivity index (χ3v) is 2.81. The van der Waals surface area contributed by atoms with Crippen LogP contribution in [0, 0.1) is 0 Å². The van der Waals surface area contributed by atoms with Crippen molar-refractivity contribution < 1.29 is 9.53 Å². The number of ether oxygens (including phenoxy) is 1. The first-order chi connectivity index (χ1) is 9.28. The maximum absolute atomic E-state index is 11.7. The molecule has 2 N–H and O–H groups in total. The summed E-state index contributed by atoms with van der Waals surface area (Å²) in [6.07, 6.45) is 4.58. The smallest absolute Gasteiger partial charge is 0.220 e. The number of imidazole rings is 1. The highest BCUT2D eigenvalue weighted by Crippen LogP contribution is 2.12. The summed E-state index contributed by atoms with van der Waals surface area (Å²) in [5.74, 6) is 1.61. The number of aromatic nitrogens is 2. The van der Waals surface area contributed by atoms with Crippen molar-refractivity contribution in [2.75, 3.05) is 7.11 Å². The standard InChI is InChI=1S/C14H17N3O2/c1-19-12-5-2-11(3-6-12)4-7-14(18)17-10-13-15-8-9-16-13/h2-3,5-6,8-9H,4,7,10H2,1H3,(H,15,16)(H,17,18). The molecule has 0 saturated heterocycles. The Kier molecular flexibility index (Phi) is 4.55. The fourth-order valence-corrected chi connectivity index (χ4v) is 1.72. The lowest BCUT2D eigenvalue weighted by Crippen LogP contribution is -2.23. The molecule has 0 aliphatic heterocycles. The Morgan fingerprint density at radius 2 is 2.16 bits per heavy atom. The summed E-state index contributed by atoms with van der Waals surface area (Å²) in [6, 6.07) is 7.74. The van der Waals surface area contributed by atoms with Crippen LogP contribution in [0.4, 0.5) is 0 Å². The Morgan fingerprint density at radius 1 is 1.37 bits per heavy atom. The van der Waals surface area contributed by atoms with E-state index < -0.39 is 0 Å². The van der Waals surface area contributed by atoms with E-state index in [0.717, 1.165) is 17.1 Å². The summed E-state index contributed by atoms with van der Waals surface area (Å²) in [6.45, 7) is 0.439. The molecule has 0 saturated carbocycles. The minimum Gasteiger partial charge on any atom is -0.497 e. The van der Waals surface area contributed by atoms with Gasteiger partial charge in [-0.15, -0.1) is 0 Å². The number of benzene rings is 1. The Hall–Kier alpha value is -2.30. The van der Waals surface area contributed by atoms with Gasteiger partial charge >= 0.3 is 0 Å². The molecule has 5 nitrogen and oxygen atoms in total. The topological polar surface area (TPSA) is 67.0 Å². The van der Waals surface area contributed by atoms with Crippen LogP contribution < -0.4 is 10.1 Å². The summed E-state index contributed by atoms with van der Waals surface area (Å²) < 4.78 is 5.08. The Balaban J connectivity index is 1.73. The Bertz CT molecular complexity index is 506. The molecule has 1 amide bonds. The molecule has 0 bridgehead atoms. The zero-order valence-corrected chi connectivity index (χ0v) is 10.8. The molecule has 100 valence electrons. The van der Waals surface area contributed by atoms with E-state index in [1.165, 1.54) is 0 Å². The normalized spacial score (nSPS) is 10.2. The molecule has 0 fully saturated rings. The van der Waals surface area contributed by atoms with E-state index in [2.05, 4.69) is 15.3 Å². The second kappa shape index (κ2) is 6.58. The number of H-pyrrole nitrogens is 1. The van der Waals surface area contributed by atoms with Crippen LogP contribution in [0.5, 0.6) is 5.75 Å². The number of rotatable bonds is 6. The van der Waals surface area contributed by atoms with Crippen LogP contribution in [0.2, 0.25) is 0 Å². The van der Waals surface area contributed by atoms with Crippen molar-refractivity contribution >= 4 is 5.91 Å².